The molecule has 0 fully saturated rings. The number of fused-ring (bicyclic) bond motifs is 3. The standard InChI is InChI=1S/C22H17FN4O2S/c23-17-9-5-4-8-16(17)14-26-22(29)27-18-11-13-30-19(18)20(28)25(21(27)24-26)12-10-15-6-2-1-3-7-15/h1-9,11,13H,10,12,14H2. The lowest BCUT2D eigenvalue weighted by Crippen LogP contribution is -2.26. The molecule has 3 heterocycles. The molecule has 30 heavy (non-hydrogen) atoms. The Morgan fingerprint density at radius 1 is 0.967 bits per heavy atom. The first-order valence-corrected chi connectivity index (χ1v) is 10.4. The number of aromatic nitrogens is 4. The van der Waals surface area contributed by atoms with Gasteiger partial charge in [0.15, 0.2) is 0 Å². The van der Waals surface area contributed by atoms with Gasteiger partial charge in [-0.1, -0.05) is 48.5 Å². The second kappa shape index (κ2) is 7.38. The van der Waals surface area contributed by atoms with Gasteiger partial charge in [0.25, 0.3) is 5.56 Å². The Balaban J connectivity index is 1.67. The lowest BCUT2D eigenvalue weighted by molar-refractivity contribution is 0.577. The number of hydrogen-bond donors (Lipinski definition) is 0. The van der Waals surface area contributed by atoms with Crippen LogP contribution in [0.15, 0.2) is 75.6 Å². The SMILES string of the molecule is O=c1c2sccc2n2c(=O)n(Cc3ccccc3F)nc2n1CCc1ccccc1. The summed E-state index contributed by atoms with van der Waals surface area (Å²) in [6.07, 6.45) is 0.627. The van der Waals surface area contributed by atoms with Crippen molar-refractivity contribution in [2.75, 3.05) is 0 Å². The Bertz CT molecular complexity index is 1480. The van der Waals surface area contributed by atoms with Crippen LogP contribution in [0.2, 0.25) is 0 Å². The van der Waals surface area contributed by atoms with Crippen molar-refractivity contribution in [1.29, 1.82) is 0 Å². The van der Waals surface area contributed by atoms with E-state index in [1.807, 2.05) is 30.3 Å². The van der Waals surface area contributed by atoms with E-state index in [0.717, 1.165) is 5.56 Å². The summed E-state index contributed by atoms with van der Waals surface area (Å²) in [7, 11) is 0. The van der Waals surface area contributed by atoms with Crippen LogP contribution < -0.4 is 11.2 Å². The van der Waals surface area contributed by atoms with Crippen molar-refractivity contribution in [1.82, 2.24) is 18.7 Å². The first-order valence-electron chi connectivity index (χ1n) is 9.50. The monoisotopic (exact) mass is 420 g/mol. The van der Waals surface area contributed by atoms with E-state index in [1.165, 1.54) is 31.1 Å². The number of halogens is 1. The van der Waals surface area contributed by atoms with Crippen LogP contribution in [-0.4, -0.2) is 18.7 Å². The molecule has 0 aliphatic rings. The first-order chi connectivity index (χ1) is 14.6. The number of benzene rings is 2. The maximum Gasteiger partial charge on any atom is 0.352 e. The van der Waals surface area contributed by atoms with Gasteiger partial charge in [-0.05, 0) is 29.5 Å². The van der Waals surface area contributed by atoms with Gasteiger partial charge in [-0.3, -0.25) is 9.36 Å². The molecule has 8 heteroatoms. The Hall–Kier alpha value is -3.52. The van der Waals surface area contributed by atoms with Gasteiger partial charge in [-0.2, -0.15) is 0 Å². The molecule has 0 spiro atoms. The molecule has 0 N–H and O–H groups in total. The van der Waals surface area contributed by atoms with E-state index in [1.54, 1.807) is 29.6 Å². The molecule has 0 bridgehead atoms. The van der Waals surface area contributed by atoms with Gasteiger partial charge in [-0.25, -0.2) is 18.3 Å². The van der Waals surface area contributed by atoms with Gasteiger partial charge in [0.2, 0.25) is 5.78 Å². The zero-order valence-corrected chi connectivity index (χ0v) is 16.7. The lowest BCUT2D eigenvalue weighted by Gasteiger charge is -2.08. The maximum absolute atomic E-state index is 14.1. The van der Waals surface area contributed by atoms with Gasteiger partial charge in [-0.15, -0.1) is 16.4 Å². The molecule has 0 radical (unpaired) electrons. The van der Waals surface area contributed by atoms with Crippen molar-refractivity contribution in [3.05, 3.63) is 104 Å². The molecule has 0 saturated carbocycles. The van der Waals surface area contributed by atoms with Crippen LogP contribution in [-0.2, 0) is 19.5 Å². The van der Waals surface area contributed by atoms with E-state index in [9.17, 15) is 14.0 Å². The van der Waals surface area contributed by atoms with E-state index in [0.29, 0.717) is 28.7 Å². The third-order valence-electron chi connectivity index (χ3n) is 5.13. The molecule has 0 unspecified atom stereocenters. The molecule has 3 aromatic heterocycles. The second-order valence-electron chi connectivity index (χ2n) is 6.99. The topological polar surface area (TPSA) is 61.3 Å². The van der Waals surface area contributed by atoms with Crippen molar-refractivity contribution < 1.29 is 4.39 Å². The molecule has 0 aliphatic heterocycles. The summed E-state index contributed by atoms with van der Waals surface area (Å²) in [6, 6.07) is 17.9. The average molecular weight is 420 g/mol. The first kappa shape index (κ1) is 18.5. The summed E-state index contributed by atoms with van der Waals surface area (Å²) in [4.78, 5) is 26.2. The van der Waals surface area contributed by atoms with Gasteiger partial charge >= 0.3 is 5.69 Å². The Kier molecular flexibility index (Phi) is 4.55. The van der Waals surface area contributed by atoms with Crippen LogP contribution in [0, 0.1) is 5.82 Å². The smallest absolute Gasteiger partial charge is 0.275 e. The molecule has 2 aromatic carbocycles. The summed E-state index contributed by atoms with van der Waals surface area (Å²) in [6.45, 7) is 0.377. The highest BCUT2D eigenvalue weighted by atomic mass is 32.1. The summed E-state index contributed by atoms with van der Waals surface area (Å²) in [5.74, 6) is -0.133. The van der Waals surface area contributed by atoms with E-state index < -0.39 is 11.5 Å². The van der Waals surface area contributed by atoms with Gasteiger partial charge in [0.05, 0.1) is 12.1 Å². The summed E-state index contributed by atoms with van der Waals surface area (Å²) in [5.41, 5.74) is 1.40. The highest BCUT2D eigenvalue weighted by Crippen LogP contribution is 2.18. The Morgan fingerprint density at radius 2 is 1.73 bits per heavy atom. The molecular formula is C22H17FN4O2S. The number of nitrogens with zero attached hydrogens (tertiary/aromatic N) is 4. The third-order valence-corrected chi connectivity index (χ3v) is 6.02. The highest BCUT2D eigenvalue weighted by molar-refractivity contribution is 7.17. The van der Waals surface area contributed by atoms with Crippen molar-refractivity contribution in [2.45, 2.75) is 19.5 Å². The fourth-order valence-electron chi connectivity index (χ4n) is 3.61. The number of thiophene rings is 1. The minimum absolute atomic E-state index is 0.00824. The molecule has 5 aromatic rings. The van der Waals surface area contributed by atoms with Crippen molar-refractivity contribution in [3.63, 3.8) is 0 Å². The average Bonchev–Trinajstić information content (AvgIpc) is 3.36. The van der Waals surface area contributed by atoms with E-state index in [2.05, 4.69) is 5.10 Å². The van der Waals surface area contributed by atoms with Gasteiger partial charge < -0.3 is 0 Å². The highest BCUT2D eigenvalue weighted by Gasteiger charge is 2.19. The lowest BCUT2D eigenvalue weighted by atomic mass is 10.1. The molecule has 5 rings (SSSR count). The van der Waals surface area contributed by atoms with E-state index in [-0.39, 0.29) is 17.9 Å². The summed E-state index contributed by atoms with van der Waals surface area (Å²) in [5, 5.41) is 6.20. The molecule has 6 nitrogen and oxygen atoms in total. The molecule has 0 atom stereocenters. The molecule has 0 saturated heterocycles. The largest absolute Gasteiger partial charge is 0.352 e. The van der Waals surface area contributed by atoms with E-state index in [4.69, 9.17) is 0 Å². The fourth-order valence-corrected chi connectivity index (χ4v) is 4.44. The minimum Gasteiger partial charge on any atom is -0.275 e. The normalized spacial score (nSPS) is 11.5. The van der Waals surface area contributed by atoms with Crippen LogP contribution in [0.4, 0.5) is 4.39 Å². The molecular weight excluding hydrogens is 403 g/mol. The van der Waals surface area contributed by atoms with Crippen LogP contribution in [0.1, 0.15) is 11.1 Å². The quantitative estimate of drug-likeness (QED) is 0.438. The van der Waals surface area contributed by atoms with Crippen molar-refractivity contribution >= 4 is 27.3 Å². The van der Waals surface area contributed by atoms with Gasteiger partial charge in [0, 0.05) is 12.1 Å². The summed E-state index contributed by atoms with van der Waals surface area (Å²) >= 11 is 1.30. The number of rotatable bonds is 5. The van der Waals surface area contributed by atoms with Crippen molar-refractivity contribution in [3.8, 4) is 0 Å². The van der Waals surface area contributed by atoms with E-state index >= 15 is 0 Å². The number of aryl methyl sites for hydroxylation is 2. The van der Waals surface area contributed by atoms with Crippen LogP contribution in [0.3, 0.4) is 0 Å². The minimum atomic E-state index is -0.399. The van der Waals surface area contributed by atoms with Crippen LogP contribution >= 0.6 is 11.3 Å². The zero-order valence-electron chi connectivity index (χ0n) is 15.9. The predicted molar refractivity (Wildman–Crippen MR) is 115 cm³/mol. The van der Waals surface area contributed by atoms with Crippen molar-refractivity contribution in [2.24, 2.45) is 0 Å². The van der Waals surface area contributed by atoms with Crippen LogP contribution in [0.5, 0.6) is 0 Å². The fraction of sp³-hybridized carbons (Fsp3) is 0.136. The third kappa shape index (κ3) is 3.05. The summed E-state index contributed by atoms with van der Waals surface area (Å²) < 4.78 is 18.8. The zero-order chi connectivity index (χ0) is 20.7. The van der Waals surface area contributed by atoms with Crippen LogP contribution in [0.25, 0.3) is 16.0 Å². The Morgan fingerprint density at radius 3 is 2.53 bits per heavy atom. The second-order valence-corrected chi connectivity index (χ2v) is 7.91. The van der Waals surface area contributed by atoms with Gasteiger partial charge in [0.1, 0.15) is 10.5 Å². The predicted octanol–water partition coefficient (Wildman–Crippen LogP) is 3.30. The molecule has 0 aliphatic carbocycles. The molecule has 0 amide bonds. The maximum atomic E-state index is 14.1. The number of hydrogen-bond acceptors (Lipinski definition) is 4. The molecule has 150 valence electrons. The Labute approximate surface area is 174 Å².